The van der Waals surface area contributed by atoms with Crippen LogP contribution in [-0.4, -0.2) is 42.8 Å². The molecule has 2 unspecified atom stereocenters. The minimum absolute atomic E-state index is 0.645. The van der Waals surface area contributed by atoms with Crippen molar-refractivity contribution in [1.82, 2.24) is 15.3 Å². The van der Waals surface area contributed by atoms with E-state index in [4.69, 9.17) is 4.74 Å². The smallest absolute Gasteiger partial charge is 0.221 e. The zero-order valence-electron chi connectivity index (χ0n) is 11.0. The van der Waals surface area contributed by atoms with Gasteiger partial charge in [0, 0.05) is 26.2 Å². The Morgan fingerprint density at radius 2 is 2.06 bits per heavy atom. The van der Waals surface area contributed by atoms with Crippen molar-refractivity contribution in [2.75, 3.05) is 37.7 Å². The minimum Gasteiger partial charge on any atom is -0.478 e. The lowest BCUT2D eigenvalue weighted by atomic mass is 10.0. The van der Waals surface area contributed by atoms with E-state index in [2.05, 4.69) is 20.2 Å². The highest BCUT2D eigenvalue weighted by atomic mass is 16.5. The molecule has 2 saturated heterocycles. The average Bonchev–Trinajstić information content (AvgIpc) is 2.92. The largest absolute Gasteiger partial charge is 0.478 e. The number of anilines is 1. The third-order valence-electron chi connectivity index (χ3n) is 3.98. The zero-order valence-corrected chi connectivity index (χ0v) is 11.0. The van der Waals surface area contributed by atoms with Crippen molar-refractivity contribution < 1.29 is 4.74 Å². The second-order valence-electron chi connectivity index (χ2n) is 5.14. The van der Waals surface area contributed by atoms with Crippen LogP contribution in [0.5, 0.6) is 5.88 Å². The van der Waals surface area contributed by atoms with Crippen LogP contribution in [0.15, 0.2) is 6.33 Å². The van der Waals surface area contributed by atoms with Gasteiger partial charge < -0.3 is 15.0 Å². The predicted molar refractivity (Wildman–Crippen MR) is 70.0 cm³/mol. The molecule has 0 aliphatic carbocycles. The summed E-state index contributed by atoms with van der Waals surface area (Å²) in [6, 6.07) is 0. The highest BCUT2D eigenvalue weighted by Crippen LogP contribution is 2.32. The fourth-order valence-corrected chi connectivity index (χ4v) is 3.05. The van der Waals surface area contributed by atoms with Crippen molar-refractivity contribution in [2.24, 2.45) is 11.8 Å². The first kappa shape index (κ1) is 11.7. The number of hydrogen-bond acceptors (Lipinski definition) is 5. The van der Waals surface area contributed by atoms with Crippen molar-refractivity contribution in [1.29, 1.82) is 0 Å². The van der Waals surface area contributed by atoms with E-state index in [0.29, 0.717) is 6.61 Å². The lowest BCUT2D eigenvalue weighted by molar-refractivity contribution is 0.323. The molecule has 0 aromatic carbocycles. The van der Waals surface area contributed by atoms with E-state index in [1.54, 1.807) is 6.33 Å². The first-order valence-corrected chi connectivity index (χ1v) is 6.69. The standard InChI is InChI=1S/C13H20N4O/c1-3-18-13-9(2)12(15-8-16-13)17-6-10-4-14-5-11(10)7-17/h8,10-11,14H,3-7H2,1-2H3. The van der Waals surface area contributed by atoms with Gasteiger partial charge in [0.05, 0.1) is 12.2 Å². The van der Waals surface area contributed by atoms with Gasteiger partial charge in [0.1, 0.15) is 12.1 Å². The lowest BCUT2D eigenvalue weighted by Gasteiger charge is -2.21. The zero-order chi connectivity index (χ0) is 12.5. The third kappa shape index (κ3) is 1.92. The maximum absolute atomic E-state index is 5.54. The van der Waals surface area contributed by atoms with Crippen molar-refractivity contribution in [2.45, 2.75) is 13.8 Å². The van der Waals surface area contributed by atoms with Crippen LogP contribution < -0.4 is 15.0 Å². The van der Waals surface area contributed by atoms with Crippen molar-refractivity contribution in [3.05, 3.63) is 11.9 Å². The quantitative estimate of drug-likeness (QED) is 0.859. The Hall–Kier alpha value is -1.36. The van der Waals surface area contributed by atoms with Gasteiger partial charge in [-0.1, -0.05) is 0 Å². The van der Waals surface area contributed by atoms with E-state index in [1.807, 2.05) is 13.8 Å². The molecule has 1 N–H and O–H groups in total. The molecule has 0 bridgehead atoms. The van der Waals surface area contributed by atoms with Crippen molar-refractivity contribution in [3.8, 4) is 5.88 Å². The van der Waals surface area contributed by atoms with E-state index < -0.39 is 0 Å². The summed E-state index contributed by atoms with van der Waals surface area (Å²) in [6.45, 7) is 9.15. The molecular weight excluding hydrogens is 228 g/mol. The molecular formula is C13H20N4O. The van der Waals surface area contributed by atoms with Crippen molar-refractivity contribution >= 4 is 5.82 Å². The van der Waals surface area contributed by atoms with Gasteiger partial charge in [-0.05, 0) is 25.7 Å². The molecule has 2 atom stereocenters. The number of nitrogens with one attached hydrogen (secondary N) is 1. The number of hydrogen-bond donors (Lipinski definition) is 1. The van der Waals surface area contributed by atoms with Gasteiger partial charge in [0.2, 0.25) is 5.88 Å². The van der Waals surface area contributed by atoms with Crippen LogP contribution in [0.4, 0.5) is 5.82 Å². The number of ether oxygens (including phenoxy) is 1. The molecule has 98 valence electrons. The Morgan fingerprint density at radius 3 is 2.72 bits per heavy atom. The summed E-state index contributed by atoms with van der Waals surface area (Å²) in [7, 11) is 0. The SMILES string of the molecule is CCOc1ncnc(N2CC3CNCC3C2)c1C. The fourth-order valence-electron chi connectivity index (χ4n) is 3.05. The summed E-state index contributed by atoms with van der Waals surface area (Å²) >= 11 is 0. The summed E-state index contributed by atoms with van der Waals surface area (Å²) in [6.07, 6.45) is 1.61. The molecule has 5 heteroatoms. The maximum atomic E-state index is 5.54. The van der Waals surface area contributed by atoms with Gasteiger partial charge in [0.15, 0.2) is 0 Å². The summed E-state index contributed by atoms with van der Waals surface area (Å²) < 4.78 is 5.54. The van der Waals surface area contributed by atoms with Crippen molar-refractivity contribution in [3.63, 3.8) is 0 Å². The summed E-state index contributed by atoms with van der Waals surface area (Å²) in [5, 5.41) is 3.46. The minimum atomic E-state index is 0.645. The molecule has 0 saturated carbocycles. The van der Waals surface area contributed by atoms with Crippen LogP contribution >= 0.6 is 0 Å². The Balaban J connectivity index is 1.82. The lowest BCUT2D eigenvalue weighted by Crippen LogP contribution is -2.27. The van der Waals surface area contributed by atoms with E-state index in [1.165, 1.54) is 0 Å². The molecule has 1 aromatic heterocycles. The van der Waals surface area contributed by atoms with E-state index in [9.17, 15) is 0 Å². The van der Waals surface area contributed by atoms with Gasteiger partial charge in [-0.25, -0.2) is 9.97 Å². The molecule has 1 aromatic rings. The normalized spacial score (nSPS) is 26.4. The molecule has 2 aliphatic heterocycles. The first-order valence-electron chi connectivity index (χ1n) is 6.69. The Kier molecular flexibility index (Phi) is 3.07. The Labute approximate surface area is 108 Å². The monoisotopic (exact) mass is 248 g/mol. The van der Waals surface area contributed by atoms with E-state index in [0.717, 1.165) is 55.3 Å². The topological polar surface area (TPSA) is 50.3 Å². The molecule has 5 nitrogen and oxygen atoms in total. The Morgan fingerprint density at radius 1 is 1.33 bits per heavy atom. The molecule has 0 amide bonds. The molecule has 0 radical (unpaired) electrons. The third-order valence-corrected chi connectivity index (χ3v) is 3.98. The summed E-state index contributed by atoms with van der Waals surface area (Å²) in [4.78, 5) is 11.0. The number of fused-ring (bicyclic) bond motifs is 1. The van der Waals surface area contributed by atoms with Gasteiger partial charge in [0.25, 0.3) is 0 Å². The molecule has 3 rings (SSSR count). The molecule has 18 heavy (non-hydrogen) atoms. The van der Waals surface area contributed by atoms with Gasteiger partial charge in [-0.3, -0.25) is 0 Å². The number of nitrogens with zero attached hydrogens (tertiary/aromatic N) is 3. The molecule has 2 fully saturated rings. The van der Waals surface area contributed by atoms with Gasteiger partial charge >= 0.3 is 0 Å². The molecule has 2 aliphatic rings. The van der Waals surface area contributed by atoms with Gasteiger partial charge in [-0.2, -0.15) is 0 Å². The van der Waals surface area contributed by atoms with Crippen LogP contribution in [0, 0.1) is 18.8 Å². The number of rotatable bonds is 3. The second-order valence-corrected chi connectivity index (χ2v) is 5.14. The van der Waals surface area contributed by atoms with Crippen LogP contribution in [-0.2, 0) is 0 Å². The van der Waals surface area contributed by atoms with Crippen LogP contribution in [0.25, 0.3) is 0 Å². The van der Waals surface area contributed by atoms with Gasteiger partial charge in [-0.15, -0.1) is 0 Å². The summed E-state index contributed by atoms with van der Waals surface area (Å²) in [5.41, 5.74) is 1.06. The molecule has 0 spiro atoms. The first-order chi connectivity index (χ1) is 8.79. The second kappa shape index (κ2) is 4.72. The average molecular weight is 248 g/mol. The van der Waals surface area contributed by atoms with E-state index >= 15 is 0 Å². The fraction of sp³-hybridized carbons (Fsp3) is 0.692. The predicted octanol–water partition coefficient (Wildman–Crippen LogP) is 0.839. The summed E-state index contributed by atoms with van der Waals surface area (Å²) in [5.74, 6) is 3.31. The number of aromatic nitrogens is 2. The molecule has 3 heterocycles. The van der Waals surface area contributed by atoms with Crippen LogP contribution in [0.3, 0.4) is 0 Å². The van der Waals surface area contributed by atoms with E-state index in [-0.39, 0.29) is 0 Å². The highest BCUT2D eigenvalue weighted by molar-refractivity contribution is 5.51. The maximum Gasteiger partial charge on any atom is 0.221 e. The Bertz CT molecular complexity index is 425. The van der Waals surface area contributed by atoms with Crippen LogP contribution in [0.1, 0.15) is 12.5 Å². The highest BCUT2D eigenvalue weighted by Gasteiger charge is 2.37. The van der Waals surface area contributed by atoms with Crippen LogP contribution in [0.2, 0.25) is 0 Å².